The van der Waals surface area contributed by atoms with Gasteiger partial charge in [0, 0.05) is 0 Å². The van der Waals surface area contributed by atoms with Crippen molar-refractivity contribution in [3.8, 4) is 0 Å². The predicted octanol–water partition coefficient (Wildman–Crippen LogP) is 0.221. The van der Waals surface area contributed by atoms with Crippen LogP contribution in [-0.2, 0) is 0 Å². The molecule has 1 aromatic rings. The summed E-state index contributed by atoms with van der Waals surface area (Å²) >= 11 is 0. The van der Waals surface area contributed by atoms with Gasteiger partial charge in [-0.15, -0.1) is 0 Å². The average Bonchev–Trinajstić information content (AvgIpc) is 2.38. The first-order valence-corrected chi connectivity index (χ1v) is 6.26. The molecule has 88 valence electrons. The normalized spacial score (nSPS) is 18.4. The Bertz CT molecular complexity index is 296. The first-order chi connectivity index (χ1) is 7.90. The number of rotatable bonds is 4. The van der Waals surface area contributed by atoms with Crippen molar-refractivity contribution in [2.24, 2.45) is 0 Å². The minimum Gasteiger partial charge on any atom is -0.657 e. The van der Waals surface area contributed by atoms with E-state index in [-0.39, 0.29) is 18.9 Å². The number of nitrogens with zero attached hydrogens (tertiary/aromatic N) is 2. The molecule has 0 unspecified atom stereocenters. The van der Waals surface area contributed by atoms with E-state index in [1.54, 1.807) is 0 Å². The van der Waals surface area contributed by atoms with Crippen LogP contribution in [0, 0.1) is 0 Å². The van der Waals surface area contributed by atoms with Gasteiger partial charge in [0.25, 0.3) is 0 Å². The van der Waals surface area contributed by atoms with Crippen LogP contribution < -0.4 is 18.9 Å². The molecule has 1 aliphatic heterocycles. The molecule has 0 N–H and O–H groups in total. The zero-order valence-corrected chi connectivity index (χ0v) is 11.1. The Labute approximate surface area is 117 Å². The quantitative estimate of drug-likeness (QED) is 0.669. The van der Waals surface area contributed by atoms with E-state index in [1.165, 1.54) is 37.9 Å². The average molecular weight is 224 g/mol. The first kappa shape index (κ1) is 14.8. The monoisotopic (exact) mass is 224 g/mol. The van der Waals surface area contributed by atoms with E-state index in [9.17, 15) is 0 Å². The van der Waals surface area contributed by atoms with Crippen molar-refractivity contribution < 1.29 is 18.9 Å². The van der Waals surface area contributed by atoms with Gasteiger partial charge >= 0.3 is 18.9 Å². The zero-order chi connectivity index (χ0) is 11.2. The Balaban J connectivity index is 0.00000144. The molecule has 0 aliphatic carbocycles. The summed E-state index contributed by atoms with van der Waals surface area (Å²) in [4.78, 5) is 2.55. The second-order valence-corrected chi connectivity index (χ2v) is 4.55. The maximum absolute atomic E-state index is 4.51. The Morgan fingerprint density at radius 2 is 1.76 bits per heavy atom. The van der Waals surface area contributed by atoms with Gasteiger partial charge in [0.15, 0.2) is 0 Å². The van der Waals surface area contributed by atoms with Gasteiger partial charge < -0.3 is 10.2 Å². The molecule has 3 heteroatoms. The minimum atomic E-state index is 0. The molecule has 1 saturated heterocycles. The second-order valence-electron chi connectivity index (χ2n) is 4.55. The summed E-state index contributed by atoms with van der Waals surface area (Å²) in [6.45, 7) is 3.58. The topological polar surface area (TPSA) is 17.3 Å². The summed E-state index contributed by atoms with van der Waals surface area (Å²) in [5.74, 6) is 0. The van der Waals surface area contributed by atoms with E-state index in [1.807, 2.05) is 7.05 Å². The number of likely N-dealkylation sites (tertiary alicyclic amines) is 1. The molecule has 17 heavy (non-hydrogen) atoms. The van der Waals surface area contributed by atoms with Gasteiger partial charge in [-0.2, -0.15) is 7.05 Å². The van der Waals surface area contributed by atoms with E-state index in [0.29, 0.717) is 6.04 Å². The molecule has 1 heterocycles. The Morgan fingerprint density at radius 3 is 2.35 bits per heavy atom. The molecule has 2 rings (SSSR count). The summed E-state index contributed by atoms with van der Waals surface area (Å²) in [6.07, 6.45) is 4.10. The van der Waals surface area contributed by atoms with Gasteiger partial charge in [-0.25, -0.2) is 0 Å². The fraction of sp³-hybridized carbons (Fsp3) is 0.571. The molecule has 2 nitrogen and oxygen atoms in total. The van der Waals surface area contributed by atoms with Crippen LogP contribution in [0.5, 0.6) is 0 Å². The number of hydrogen-bond acceptors (Lipinski definition) is 1. The van der Waals surface area contributed by atoms with Crippen LogP contribution >= 0.6 is 0 Å². The van der Waals surface area contributed by atoms with Crippen molar-refractivity contribution in [1.82, 2.24) is 4.90 Å². The molecule has 0 radical (unpaired) electrons. The largest absolute Gasteiger partial charge is 1.00 e. The first-order valence-electron chi connectivity index (χ1n) is 6.26. The molecule has 1 aromatic carbocycles. The third-order valence-corrected chi connectivity index (χ3v) is 3.38. The van der Waals surface area contributed by atoms with Crippen LogP contribution in [-0.4, -0.2) is 31.6 Å². The zero-order valence-electron chi connectivity index (χ0n) is 11.1. The summed E-state index contributed by atoms with van der Waals surface area (Å²) < 4.78 is 0. The van der Waals surface area contributed by atoms with Gasteiger partial charge in [-0.3, -0.25) is 0 Å². The van der Waals surface area contributed by atoms with Crippen molar-refractivity contribution in [1.29, 1.82) is 0 Å². The molecule has 1 atom stereocenters. The summed E-state index contributed by atoms with van der Waals surface area (Å²) in [6, 6.07) is 11.0. The van der Waals surface area contributed by atoms with Crippen molar-refractivity contribution >= 4 is 0 Å². The van der Waals surface area contributed by atoms with E-state index >= 15 is 0 Å². The van der Waals surface area contributed by atoms with Crippen LogP contribution in [0.4, 0.5) is 0 Å². The second kappa shape index (κ2) is 7.95. The molecule has 0 saturated carbocycles. The van der Waals surface area contributed by atoms with Gasteiger partial charge in [-0.1, -0.05) is 48.4 Å². The van der Waals surface area contributed by atoms with E-state index in [4.69, 9.17) is 0 Å². The van der Waals surface area contributed by atoms with Gasteiger partial charge in [0.2, 0.25) is 0 Å². The third-order valence-electron chi connectivity index (χ3n) is 3.38. The van der Waals surface area contributed by atoms with E-state index in [0.717, 1.165) is 6.54 Å². The molecular weight excluding hydrogens is 203 g/mol. The SMILES string of the molecule is C[N-][C@H](CN1CCCCC1)c1ccccc1.[Li+]. The third kappa shape index (κ3) is 4.48. The number of hydrogen-bond donors (Lipinski definition) is 0. The molecule has 0 amide bonds. The Hall–Kier alpha value is -0.263. The summed E-state index contributed by atoms with van der Waals surface area (Å²) in [5.41, 5.74) is 1.34. The molecule has 1 fully saturated rings. The van der Waals surface area contributed by atoms with Crippen molar-refractivity contribution in [2.45, 2.75) is 25.3 Å². The van der Waals surface area contributed by atoms with Crippen LogP contribution in [0.15, 0.2) is 30.3 Å². The van der Waals surface area contributed by atoms with Crippen molar-refractivity contribution in [3.63, 3.8) is 0 Å². The molecular formula is C14H21LiN2. The molecule has 0 spiro atoms. The standard InChI is InChI=1S/C14H21N2.Li/c1-15-14(13-8-4-2-5-9-13)12-16-10-6-3-7-11-16;/h2,4-5,8-9,14H,3,6-7,10-12H2,1H3;/q-1;+1/t14-;/m1./s1. The number of likely N-dealkylation sites (N-methyl/N-ethyl adjacent to an activating group) is 1. The van der Waals surface area contributed by atoms with Crippen LogP contribution in [0.1, 0.15) is 30.9 Å². The van der Waals surface area contributed by atoms with E-state index in [2.05, 4.69) is 40.5 Å². The van der Waals surface area contributed by atoms with Gasteiger partial charge in [0.1, 0.15) is 0 Å². The maximum Gasteiger partial charge on any atom is 1.00 e. The smallest absolute Gasteiger partial charge is 0.657 e. The van der Waals surface area contributed by atoms with Crippen molar-refractivity contribution in [3.05, 3.63) is 41.2 Å². The fourth-order valence-electron chi connectivity index (χ4n) is 2.40. The predicted molar refractivity (Wildman–Crippen MR) is 68.8 cm³/mol. The number of piperidine rings is 1. The summed E-state index contributed by atoms with van der Waals surface area (Å²) in [7, 11) is 1.93. The molecule has 0 aromatic heterocycles. The number of benzene rings is 1. The van der Waals surface area contributed by atoms with Gasteiger partial charge in [-0.05, 0) is 32.5 Å². The van der Waals surface area contributed by atoms with Crippen LogP contribution in [0.3, 0.4) is 0 Å². The Morgan fingerprint density at radius 1 is 1.12 bits per heavy atom. The van der Waals surface area contributed by atoms with Crippen LogP contribution in [0.2, 0.25) is 0 Å². The molecule has 1 aliphatic rings. The summed E-state index contributed by atoms with van der Waals surface area (Å²) in [5, 5.41) is 4.51. The van der Waals surface area contributed by atoms with Gasteiger partial charge in [0.05, 0.1) is 0 Å². The minimum absolute atomic E-state index is 0. The maximum atomic E-state index is 4.51. The van der Waals surface area contributed by atoms with Crippen LogP contribution in [0.25, 0.3) is 5.32 Å². The molecule has 0 bridgehead atoms. The van der Waals surface area contributed by atoms with E-state index < -0.39 is 0 Å². The fourth-order valence-corrected chi connectivity index (χ4v) is 2.40. The Kier molecular flexibility index (Phi) is 6.92. The van der Waals surface area contributed by atoms with Crippen molar-refractivity contribution in [2.75, 3.05) is 26.7 Å².